The summed E-state index contributed by atoms with van der Waals surface area (Å²) in [7, 11) is 3.12. The molecule has 0 bridgehead atoms. The van der Waals surface area contributed by atoms with Crippen LogP contribution in [0.4, 0.5) is 11.8 Å². The molecule has 0 spiro atoms. The molecular formula is C22H28N6O3. The highest BCUT2D eigenvalue weighted by atomic mass is 16.5. The van der Waals surface area contributed by atoms with Gasteiger partial charge in [-0.15, -0.1) is 0 Å². The Hall–Kier alpha value is -3.23. The van der Waals surface area contributed by atoms with Crippen LogP contribution in [0.3, 0.4) is 0 Å². The van der Waals surface area contributed by atoms with Crippen LogP contribution in [0, 0.1) is 0 Å². The quantitative estimate of drug-likeness (QED) is 0.662. The van der Waals surface area contributed by atoms with Gasteiger partial charge in [0.2, 0.25) is 5.95 Å². The van der Waals surface area contributed by atoms with Crippen molar-refractivity contribution in [2.75, 3.05) is 31.4 Å². The van der Waals surface area contributed by atoms with Crippen molar-refractivity contribution in [2.45, 2.75) is 51.1 Å². The third kappa shape index (κ3) is 3.37. The van der Waals surface area contributed by atoms with Gasteiger partial charge in [0.1, 0.15) is 11.6 Å². The molecule has 5 rings (SSSR count). The fourth-order valence-electron chi connectivity index (χ4n) is 4.89. The monoisotopic (exact) mass is 424 g/mol. The highest BCUT2D eigenvalue weighted by molar-refractivity contribution is 5.82. The number of nitrogens with zero attached hydrogens (tertiary/aromatic N) is 4. The summed E-state index contributed by atoms with van der Waals surface area (Å²) in [6.45, 7) is 2.07. The fourth-order valence-corrected chi connectivity index (χ4v) is 4.89. The molecule has 3 N–H and O–H groups in total. The number of benzene rings is 1. The number of ether oxygens (including phenoxy) is 2. The zero-order valence-corrected chi connectivity index (χ0v) is 18.0. The summed E-state index contributed by atoms with van der Waals surface area (Å²) >= 11 is 0. The molecule has 0 atom stereocenters. The Labute approximate surface area is 180 Å². The van der Waals surface area contributed by atoms with Gasteiger partial charge in [0.05, 0.1) is 37.4 Å². The van der Waals surface area contributed by atoms with E-state index in [1.807, 2.05) is 0 Å². The molecule has 2 aliphatic rings. The van der Waals surface area contributed by atoms with Crippen molar-refractivity contribution in [1.29, 1.82) is 0 Å². The van der Waals surface area contributed by atoms with Crippen LogP contribution >= 0.6 is 0 Å². The Balaban J connectivity index is 1.48. The van der Waals surface area contributed by atoms with E-state index < -0.39 is 0 Å². The zero-order valence-electron chi connectivity index (χ0n) is 18.0. The molecule has 2 aromatic heterocycles. The first kappa shape index (κ1) is 19.7. The number of imidazole rings is 1. The average Bonchev–Trinajstić information content (AvgIpc) is 3.14. The number of nitrogens with one attached hydrogen (secondary N) is 1. The van der Waals surface area contributed by atoms with E-state index in [-0.39, 0.29) is 5.56 Å². The summed E-state index contributed by atoms with van der Waals surface area (Å²) in [6, 6.07) is 3.42. The molecule has 0 radical (unpaired) electrons. The van der Waals surface area contributed by atoms with Crippen molar-refractivity contribution in [3.63, 3.8) is 0 Å². The number of hydrogen-bond donors (Lipinski definition) is 2. The number of nitrogens with two attached hydrogens (primary N) is 1. The van der Waals surface area contributed by atoms with Crippen molar-refractivity contribution < 1.29 is 9.47 Å². The van der Waals surface area contributed by atoms with E-state index in [1.54, 1.807) is 26.4 Å². The van der Waals surface area contributed by atoms with Crippen LogP contribution in [0.2, 0.25) is 0 Å². The van der Waals surface area contributed by atoms with Gasteiger partial charge >= 0.3 is 0 Å². The van der Waals surface area contributed by atoms with Crippen molar-refractivity contribution in [1.82, 2.24) is 19.5 Å². The fraction of sp³-hybridized carbons (Fsp3) is 0.500. The number of aromatic nitrogens is 4. The molecule has 164 valence electrons. The minimum atomic E-state index is -0.306. The number of nitrogen functional groups attached to an aromatic ring is 1. The Morgan fingerprint density at radius 2 is 1.81 bits per heavy atom. The molecule has 1 aromatic carbocycles. The minimum absolute atomic E-state index is 0.306. The topological polar surface area (TPSA) is 111 Å². The third-order valence-electron chi connectivity index (χ3n) is 6.55. The summed E-state index contributed by atoms with van der Waals surface area (Å²) in [5.41, 5.74) is 7.67. The van der Waals surface area contributed by atoms with E-state index >= 15 is 0 Å². The molecule has 1 aliphatic carbocycles. The number of anilines is 2. The molecule has 0 unspecified atom stereocenters. The smallest absolute Gasteiger partial charge is 0.282 e. The number of fused-ring (bicyclic) bond motifs is 2. The number of hydrogen-bond acceptors (Lipinski definition) is 7. The molecule has 9 heteroatoms. The van der Waals surface area contributed by atoms with Crippen LogP contribution in [0.15, 0.2) is 16.9 Å². The van der Waals surface area contributed by atoms with Crippen molar-refractivity contribution in [2.24, 2.45) is 0 Å². The maximum Gasteiger partial charge on any atom is 0.282 e. The van der Waals surface area contributed by atoms with Gasteiger partial charge in [0.15, 0.2) is 11.5 Å². The summed E-state index contributed by atoms with van der Waals surface area (Å²) in [6.07, 6.45) is 6.20. The van der Waals surface area contributed by atoms with Gasteiger partial charge < -0.3 is 29.7 Å². The Morgan fingerprint density at radius 3 is 2.55 bits per heavy atom. The predicted octanol–water partition coefficient (Wildman–Crippen LogP) is 2.79. The molecule has 3 aromatic rings. The van der Waals surface area contributed by atoms with Gasteiger partial charge in [-0.05, 0) is 18.9 Å². The number of aromatic amines is 1. The van der Waals surface area contributed by atoms with E-state index in [0.29, 0.717) is 46.6 Å². The Morgan fingerprint density at radius 1 is 1.06 bits per heavy atom. The molecular weight excluding hydrogens is 396 g/mol. The largest absolute Gasteiger partial charge is 0.493 e. The predicted molar refractivity (Wildman–Crippen MR) is 119 cm³/mol. The second-order valence-corrected chi connectivity index (χ2v) is 8.33. The summed E-state index contributed by atoms with van der Waals surface area (Å²) in [5, 5.41) is 0.461. The second kappa shape index (κ2) is 7.79. The minimum Gasteiger partial charge on any atom is -0.493 e. The lowest BCUT2D eigenvalue weighted by Crippen LogP contribution is -2.36. The van der Waals surface area contributed by atoms with Crippen LogP contribution in [-0.2, 0) is 13.1 Å². The second-order valence-electron chi connectivity index (χ2n) is 8.33. The van der Waals surface area contributed by atoms with Gasteiger partial charge in [0.25, 0.3) is 5.56 Å². The van der Waals surface area contributed by atoms with Crippen LogP contribution in [-0.4, -0.2) is 40.3 Å². The maximum absolute atomic E-state index is 12.7. The highest BCUT2D eigenvalue weighted by Gasteiger charge is 2.29. The van der Waals surface area contributed by atoms with E-state index in [0.717, 1.165) is 24.6 Å². The van der Waals surface area contributed by atoms with E-state index in [9.17, 15) is 4.79 Å². The first-order valence-electron chi connectivity index (χ1n) is 10.8. The molecule has 3 heterocycles. The van der Waals surface area contributed by atoms with Crippen molar-refractivity contribution in [3.05, 3.63) is 34.0 Å². The van der Waals surface area contributed by atoms with Gasteiger partial charge in [-0.1, -0.05) is 19.3 Å². The SMILES string of the molecule is COc1cc2[nH]c(N3CCn4c(C5CCCCC5)nc(N)c4C3)nc(=O)c2cc1OC. The molecule has 0 saturated heterocycles. The molecule has 9 nitrogen and oxygen atoms in total. The molecule has 31 heavy (non-hydrogen) atoms. The molecule has 1 fully saturated rings. The lowest BCUT2D eigenvalue weighted by molar-refractivity contribution is 0.355. The average molecular weight is 425 g/mol. The molecule has 1 aliphatic heterocycles. The molecule has 0 amide bonds. The van der Waals surface area contributed by atoms with Crippen LogP contribution in [0.25, 0.3) is 10.9 Å². The summed E-state index contributed by atoms with van der Waals surface area (Å²) in [4.78, 5) is 27.1. The lowest BCUT2D eigenvalue weighted by Gasteiger charge is -2.31. The van der Waals surface area contributed by atoms with E-state index in [1.165, 1.54) is 32.1 Å². The van der Waals surface area contributed by atoms with Crippen LogP contribution < -0.4 is 25.7 Å². The number of H-pyrrole nitrogens is 1. The maximum atomic E-state index is 12.7. The van der Waals surface area contributed by atoms with Gasteiger partial charge in [-0.25, -0.2) is 4.98 Å². The summed E-state index contributed by atoms with van der Waals surface area (Å²) < 4.78 is 13.0. The Bertz CT molecular complexity index is 1180. The molecule has 1 saturated carbocycles. The van der Waals surface area contributed by atoms with Gasteiger partial charge in [0, 0.05) is 25.1 Å². The van der Waals surface area contributed by atoms with Crippen LogP contribution in [0.5, 0.6) is 11.5 Å². The normalized spacial score (nSPS) is 17.0. The standard InChI is InChI=1S/C22H28N6O3/c1-30-17-10-14-15(11-18(17)31-2)24-22(26-21(14)29)27-8-9-28-16(12-27)19(23)25-20(28)13-6-4-3-5-7-13/h10-11,13H,3-9,12,23H2,1-2H3,(H,24,26,29). The van der Waals surface area contributed by atoms with Gasteiger partial charge in [-0.2, -0.15) is 4.98 Å². The lowest BCUT2D eigenvalue weighted by atomic mass is 9.88. The van der Waals surface area contributed by atoms with E-state index in [2.05, 4.69) is 19.4 Å². The summed E-state index contributed by atoms with van der Waals surface area (Å²) in [5.74, 6) is 3.79. The number of rotatable bonds is 4. The number of methoxy groups -OCH3 is 2. The first-order chi connectivity index (χ1) is 15.1. The van der Waals surface area contributed by atoms with E-state index in [4.69, 9.17) is 20.2 Å². The van der Waals surface area contributed by atoms with Crippen LogP contribution in [0.1, 0.15) is 49.5 Å². The third-order valence-corrected chi connectivity index (χ3v) is 6.55. The first-order valence-corrected chi connectivity index (χ1v) is 10.8. The van der Waals surface area contributed by atoms with Gasteiger partial charge in [-0.3, -0.25) is 4.79 Å². The highest BCUT2D eigenvalue weighted by Crippen LogP contribution is 2.35. The van der Waals surface area contributed by atoms with Crippen molar-refractivity contribution in [3.8, 4) is 11.5 Å². The Kier molecular flexibility index (Phi) is 4.95. The van der Waals surface area contributed by atoms with Crippen molar-refractivity contribution >= 4 is 22.7 Å². The zero-order chi connectivity index (χ0) is 21.5.